The minimum atomic E-state index is -0.865. The Hall–Kier alpha value is -2.72. The van der Waals surface area contributed by atoms with Gasteiger partial charge in [0.2, 0.25) is 0 Å². The molecule has 29 heavy (non-hydrogen) atoms. The van der Waals surface area contributed by atoms with Crippen molar-refractivity contribution in [1.29, 1.82) is 0 Å². The quantitative estimate of drug-likeness (QED) is 0.701. The van der Waals surface area contributed by atoms with Crippen LogP contribution in [0.5, 0.6) is 0 Å². The van der Waals surface area contributed by atoms with Crippen LogP contribution >= 0.6 is 0 Å². The molecule has 0 radical (unpaired) electrons. The molecule has 1 aromatic heterocycles. The van der Waals surface area contributed by atoms with Crippen LogP contribution in [0, 0.1) is 5.92 Å². The standard InChI is InChI=1S/C25H27N2O2/c1-26-13-4-7-22(17-26)24(28)27-14-11-20-10-12-25(29,23(20)27)16-18-8-9-19-5-2-3-6-21(19)15-18/h2-9,13,15,17,20,23,29H,10-12,14,16H2,1H3/q+1/t20-,23+,25+/m1/s1. The molecule has 1 aliphatic heterocycles. The third kappa shape index (κ3) is 3.22. The van der Waals surface area contributed by atoms with Crippen molar-refractivity contribution >= 4 is 16.7 Å². The van der Waals surface area contributed by atoms with Gasteiger partial charge in [0.25, 0.3) is 5.91 Å². The molecule has 1 saturated heterocycles. The summed E-state index contributed by atoms with van der Waals surface area (Å²) < 4.78 is 1.90. The van der Waals surface area contributed by atoms with Crippen LogP contribution < -0.4 is 4.57 Å². The Morgan fingerprint density at radius 2 is 1.97 bits per heavy atom. The SMILES string of the molecule is C[n+]1cccc(C(=O)N2CC[C@H]3CC[C@](O)(Cc4ccc5ccccc5c4)[C@H]32)c1. The molecule has 0 unspecified atom stereocenters. The fourth-order valence-corrected chi connectivity index (χ4v) is 5.47. The highest BCUT2D eigenvalue weighted by molar-refractivity contribution is 5.94. The molecule has 0 spiro atoms. The number of amides is 1. The van der Waals surface area contributed by atoms with Crippen LogP contribution in [0.1, 0.15) is 35.2 Å². The molecule has 2 aliphatic rings. The van der Waals surface area contributed by atoms with Crippen LogP contribution in [-0.2, 0) is 13.5 Å². The number of pyridine rings is 1. The predicted molar refractivity (Wildman–Crippen MR) is 112 cm³/mol. The molecule has 1 N–H and O–H groups in total. The number of carbonyl (C=O) groups is 1. The first-order chi connectivity index (χ1) is 14.0. The number of aromatic nitrogens is 1. The molecule has 1 saturated carbocycles. The number of hydrogen-bond donors (Lipinski definition) is 1. The molecule has 1 aliphatic carbocycles. The Bertz CT molecular complexity index is 1080. The molecular weight excluding hydrogens is 360 g/mol. The van der Waals surface area contributed by atoms with Gasteiger partial charge in [-0.3, -0.25) is 4.79 Å². The first-order valence-electron chi connectivity index (χ1n) is 10.5. The highest BCUT2D eigenvalue weighted by Crippen LogP contribution is 2.46. The maximum atomic E-state index is 13.3. The van der Waals surface area contributed by atoms with Gasteiger partial charge in [0, 0.05) is 19.0 Å². The number of likely N-dealkylation sites (tertiary alicyclic amines) is 1. The summed E-state index contributed by atoms with van der Waals surface area (Å²) in [6.45, 7) is 0.729. The minimum Gasteiger partial charge on any atom is -0.387 e. The lowest BCUT2D eigenvalue weighted by atomic mass is 9.86. The van der Waals surface area contributed by atoms with E-state index < -0.39 is 5.60 Å². The van der Waals surface area contributed by atoms with Gasteiger partial charge in [-0.05, 0) is 47.6 Å². The van der Waals surface area contributed by atoms with E-state index in [1.807, 2.05) is 53.2 Å². The fraction of sp³-hybridized carbons (Fsp3) is 0.360. The molecule has 3 atom stereocenters. The van der Waals surface area contributed by atoms with E-state index in [9.17, 15) is 9.90 Å². The van der Waals surface area contributed by atoms with Crippen molar-refractivity contribution in [3.05, 3.63) is 78.1 Å². The van der Waals surface area contributed by atoms with Gasteiger partial charge in [0.15, 0.2) is 12.4 Å². The van der Waals surface area contributed by atoms with Gasteiger partial charge in [-0.2, -0.15) is 0 Å². The lowest BCUT2D eigenvalue weighted by Gasteiger charge is -2.36. The average Bonchev–Trinajstić information content (AvgIpc) is 3.29. The van der Waals surface area contributed by atoms with E-state index >= 15 is 0 Å². The molecule has 3 aromatic rings. The first-order valence-corrected chi connectivity index (χ1v) is 10.5. The molecule has 148 valence electrons. The number of aryl methyl sites for hydroxylation is 1. The monoisotopic (exact) mass is 387 g/mol. The Balaban J connectivity index is 1.44. The van der Waals surface area contributed by atoms with Crippen molar-refractivity contribution in [2.24, 2.45) is 13.0 Å². The average molecular weight is 388 g/mol. The number of nitrogens with zero attached hydrogens (tertiary/aromatic N) is 2. The summed E-state index contributed by atoms with van der Waals surface area (Å²) in [4.78, 5) is 15.2. The van der Waals surface area contributed by atoms with E-state index in [-0.39, 0.29) is 11.9 Å². The molecular formula is C25H27N2O2+. The second-order valence-electron chi connectivity index (χ2n) is 8.75. The third-order valence-corrected chi connectivity index (χ3v) is 6.79. The topological polar surface area (TPSA) is 44.4 Å². The van der Waals surface area contributed by atoms with Crippen LogP contribution in [0.2, 0.25) is 0 Å². The van der Waals surface area contributed by atoms with Crippen LogP contribution in [-0.4, -0.2) is 34.1 Å². The number of aliphatic hydroxyl groups is 1. The molecule has 0 bridgehead atoms. The van der Waals surface area contributed by atoms with Crippen molar-refractivity contribution < 1.29 is 14.5 Å². The smallest absolute Gasteiger partial charge is 0.260 e. The fourth-order valence-electron chi connectivity index (χ4n) is 5.47. The summed E-state index contributed by atoms with van der Waals surface area (Å²) in [7, 11) is 1.93. The zero-order valence-corrected chi connectivity index (χ0v) is 16.8. The van der Waals surface area contributed by atoms with Gasteiger partial charge in [-0.1, -0.05) is 42.5 Å². The molecule has 2 fully saturated rings. The largest absolute Gasteiger partial charge is 0.387 e. The van der Waals surface area contributed by atoms with E-state index in [1.165, 1.54) is 10.8 Å². The number of carbonyl (C=O) groups excluding carboxylic acids is 1. The zero-order valence-electron chi connectivity index (χ0n) is 16.8. The third-order valence-electron chi connectivity index (χ3n) is 6.79. The van der Waals surface area contributed by atoms with Gasteiger partial charge in [-0.25, -0.2) is 4.57 Å². The zero-order chi connectivity index (χ0) is 20.0. The van der Waals surface area contributed by atoms with Gasteiger partial charge in [0.1, 0.15) is 12.6 Å². The second-order valence-corrected chi connectivity index (χ2v) is 8.75. The number of hydrogen-bond acceptors (Lipinski definition) is 2. The van der Waals surface area contributed by atoms with E-state index in [1.54, 1.807) is 0 Å². The van der Waals surface area contributed by atoms with E-state index in [0.717, 1.165) is 31.4 Å². The second kappa shape index (κ2) is 6.96. The molecule has 4 nitrogen and oxygen atoms in total. The highest BCUT2D eigenvalue weighted by atomic mass is 16.3. The maximum absolute atomic E-state index is 13.3. The summed E-state index contributed by atoms with van der Waals surface area (Å²) in [5.74, 6) is 0.425. The first kappa shape index (κ1) is 18.3. The van der Waals surface area contributed by atoms with Crippen molar-refractivity contribution in [3.8, 4) is 0 Å². The lowest BCUT2D eigenvalue weighted by Crippen LogP contribution is -2.52. The molecule has 5 rings (SSSR count). The molecule has 4 heteroatoms. The number of fused-ring (bicyclic) bond motifs is 2. The van der Waals surface area contributed by atoms with Crippen molar-refractivity contribution in [3.63, 3.8) is 0 Å². The predicted octanol–water partition coefficient (Wildman–Crippen LogP) is 3.26. The maximum Gasteiger partial charge on any atom is 0.260 e. The van der Waals surface area contributed by atoms with Crippen LogP contribution in [0.25, 0.3) is 10.8 Å². The molecule has 2 aromatic carbocycles. The van der Waals surface area contributed by atoms with Gasteiger partial charge < -0.3 is 10.0 Å². The number of benzene rings is 2. The van der Waals surface area contributed by atoms with E-state index in [2.05, 4.69) is 30.3 Å². The minimum absolute atomic E-state index is 0.0348. The molecule has 1 amide bonds. The highest BCUT2D eigenvalue weighted by Gasteiger charge is 2.54. The van der Waals surface area contributed by atoms with E-state index in [0.29, 0.717) is 17.9 Å². The van der Waals surface area contributed by atoms with Crippen LogP contribution in [0.4, 0.5) is 0 Å². The molecule has 2 heterocycles. The normalized spacial score (nSPS) is 26.1. The summed E-state index contributed by atoms with van der Waals surface area (Å²) in [6, 6.07) is 18.4. The summed E-state index contributed by atoms with van der Waals surface area (Å²) >= 11 is 0. The Morgan fingerprint density at radius 3 is 2.79 bits per heavy atom. The van der Waals surface area contributed by atoms with Crippen LogP contribution in [0.3, 0.4) is 0 Å². The Morgan fingerprint density at radius 1 is 1.14 bits per heavy atom. The van der Waals surface area contributed by atoms with Crippen molar-refractivity contribution in [2.45, 2.75) is 37.3 Å². The van der Waals surface area contributed by atoms with Crippen molar-refractivity contribution in [2.75, 3.05) is 6.54 Å². The summed E-state index contributed by atoms with van der Waals surface area (Å²) in [5, 5.41) is 14.1. The Kier molecular flexibility index (Phi) is 4.39. The Labute approximate surface area is 171 Å². The van der Waals surface area contributed by atoms with Gasteiger partial charge >= 0.3 is 0 Å². The number of rotatable bonds is 3. The lowest BCUT2D eigenvalue weighted by molar-refractivity contribution is -0.671. The summed E-state index contributed by atoms with van der Waals surface area (Å²) in [6.07, 6.45) is 7.10. The van der Waals surface area contributed by atoms with Gasteiger partial charge in [-0.15, -0.1) is 0 Å². The van der Waals surface area contributed by atoms with Crippen LogP contribution in [0.15, 0.2) is 67.0 Å². The summed E-state index contributed by atoms with van der Waals surface area (Å²) in [5.41, 5.74) is 0.962. The van der Waals surface area contributed by atoms with E-state index in [4.69, 9.17) is 0 Å². The van der Waals surface area contributed by atoms with Gasteiger partial charge in [0.05, 0.1) is 11.6 Å². The van der Waals surface area contributed by atoms with Crippen molar-refractivity contribution in [1.82, 2.24) is 4.90 Å².